The molecule has 1 unspecified atom stereocenters. The van der Waals surface area contributed by atoms with Gasteiger partial charge in [-0.15, -0.1) is 0 Å². The van der Waals surface area contributed by atoms with Crippen molar-refractivity contribution >= 4 is 0 Å². The van der Waals surface area contributed by atoms with Crippen LogP contribution in [0, 0.1) is 0 Å². The normalized spacial score (nSPS) is 13.9. The van der Waals surface area contributed by atoms with E-state index in [1.807, 2.05) is 0 Å². The van der Waals surface area contributed by atoms with Crippen LogP contribution in [0.4, 0.5) is 0 Å². The smallest absolute Gasteiger partial charge is 0.0107 e. The first-order chi connectivity index (χ1) is 5.22. The van der Waals surface area contributed by atoms with E-state index in [0.717, 1.165) is 19.6 Å². The van der Waals surface area contributed by atoms with Gasteiger partial charge in [0.05, 0.1) is 0 Å². The molecule has 0 saturated heterocycles. The van der Waals surface area contributed by atoms with Gasteiger partial charge < -0.3 is 10.2 Å². The molecule has 0 aliphatic heterocycles. The summed E-state index contributed by atoms with van der Waals surface area (Å²) in [7, 11) is 2.19. The van der Waals surface area contributed by atoms with E-state index in [9.17, 15) is 0 Å². The van der Waals surface area contributed by atoms with Gasteiger partial charge in [-0.1, -0.05) is 13.8 Å². The summed E-state index contributed by atoms with van der Waals surface area (Å²) in [5.74, 6) is 0. The lowest BCUT2D eigenvalue weighted by Crippen LogP contribution is -2.34. The average Bonchev–Trinajstić information content (AvgIpc) is 2.03. The van der Waals surface area contributed by atoms with Gasteiger partial charge in [0, 0.05) is 19.1 Å². The Kier molecular flexibility index (Phi) is 6.57. The van der Waals surface area contributed by atoms with Gasteiger partial charge in [-0.2, -0.15) is 0 Å². The van der Waals surface area contributed by atoms with Crippen LogP contribution < -0.4 is 5.32 Å². The highest BCUT2D eigenvalue weighted by Gasteiger charge is 2.04. The van der Waals surface area contributed by atoms with E-state index >= 15 is 0 Å². The first kappa shape index (κ1) is 10.9. The maximum absolute atomic E-state index is 3.32. The molecule has 0 fully saturated rings. The van der Waals surface area contributed by atoms with E-state index in [4.69, 9.17) is 0 Å². The molecule has 0 saturated carbocycles. The molecule has 1 N–H and O–H groups in total. The Hall–Kier alpha value is -0.0800. The molecule has 0 rings (SSSR count). The van der Waals surface area contributed by atoms with E-state index < -0.39 is 0 Å². The van der Waals surface area contributed by atoms with Crippen LogP contribution in [-0.4, -0.2) is 37.6 Å². The van der Waals surface area contributed by atoms with E-state index in [1.54, 1.807) is 0 Å². The number of nitrogens with zero attached hydrogens (tertiary/aromatic N) is 1. The van der Waals surface area contributed by atoms with E-state index in [2.05, 4.69) is 38.0 Å². The van der Waals surface area contributed by atoms with Crippen LogP contribution in [0.2, 0.25) is 0 Å². The van der Waals surface area contributed by atoms with Crippen molar-refractivity contribution in [3.8, 4) is 0 Å². The van der Waals surface area contributed by atoms with Crippen molar-refractivity contribution in [1.82, 2.24) is 10.2 Å². The van der Waals surface area contributed by atoms with Gasteiger partial charge in [0.1, 0.15) is 0 Å². The third-order valence-corrected chi connectivity index (χ3v) is 2.23. The van der Waals surface area contributed by atoms with Crippen molar-refractivity contribution in [2.75, 3.05) is 26.7 Å². The number of nitrogens with one attached hydrogen (secondary N) is 1. The molecule has 0 aliphatic rings. The quantitative estimate of drug-likeness (QED) is 0.587. The predicted molar refractivity (Wildman–Crippen MR) is 50.9 cm³/mol. The van der Waals surface area contributed by atoms with Gasteiger partial charge in [-0.05, 0) is 26.9 Å². The van der Waals surface area contributed by atoms with E-state index in [1.165, 1.54) is 6.42 Å². The van der Waals surface area contributed by atoms with Crippen molar-refractivity contribution in [3.05, 3.63) is 0 Å². The van der Waals surface area contributed by atoms with Crippen LogP contribution in [0.15, 0.2) is 0 Å². The summed E-state index contributed by atoms with van der Waals surface area (Å²) < 4.78 is 0. The minimum atomic E-state index is 0.716. The largest absolute Gasteiger partial charge is 0.316 e. The molecule has 2 nitrogen and oxygen atoms in total. The minimum Gasteiger partial charge on any atom is -0.316 e. The Morgan fingerprint density at radius 3 is 2.45 bits per heavy atom. The Morgan fingerprint density at radius 1 is 1.36 bits per heavy atom. The molecule has 0 aromatic rings. The monoisotopic (exact) mass is 158 g/mol. The van der Waals surface area contributed by atoms with Gasteiger partial charge >= 0.3 is 0 Å². The standard InChI is InChI=1S/C9H22N2/c1-5-9(3)11(4)8-7-10-6-2/h9-10H,5-8H2,1-4H3. The highest BCUT2D eigenvalue weighted by atomic mass is 15.1. The van der Waals surface area contributed by atoms with Crippen LogP contribution in [0.1, 0.15) is 27.2 Å². The lowest BCUT2D eigenvalue weighted by atomic mass is 10.2. The first-order valence-electron chi connectivity index (χ1n) is 4.63. The van der Waals surface area contributed by atoms with Crippen molar-refractivity contribution in [2.45, 2.75) is 33.2 Å². The Bertz CT molecular complexity index is 83.6. The zero-order valence-electron chi connectivity index (χ0n) is 8.35. The molecule has 0 radical (unpaired) electrons. The molecule has 0 aliphatic carbocycles. The number of likely N-dealkylation sites (N-methyl/N-ethyl adjacent to an activating group) is 2. The summed E-state index contributed by atoms with van der Waals surface area (Å²) in [5, 5.41) is 3.32. The third kappa shape index (κ3) is 5.22. The summed E-state index contributed by atoms with van der Waals surface area (Å²) in [4.78, 5) is 2.39. The number of hydrogen-bond donors (Lipinski definition) is 1. The lowest BCUT2D eigenvalue weighted by Gasteiger charge is -2.23. The second-order valence-corrected chi connectivity index (χ2v) is 3.09. The minimum absolute atomic E-state index is 0.716. The molecule has 0 heterocycles. The zero-order chi connectivity index (χ0) is 8.69. The Morgan fingerprint density at radius 2 is 2.00 bits per heavy atom. The van der Waals surface area contributed by atoms with E-state index in [0.29, 0.717) is 6.04 Å². The fourth-order valence-electron chi connectivity index (χ4n) is 0.964. The second kappa shape index (κ2) is 6.62. The average molecular weight is 158 g/mol. The Labute approximate surface area is 71.0 Å². The SMILES string of the molecule is CCNCCN(C)C(C)CC. The molecule has 0 spiro atoms. The third-order valence-electron chi connectivity index (χ3n) is 2.23. The molecule has 68 valence electrons. The molecule has 2 heteroatoms. The van der Waals surface area contributed by atoms with Gasteiger partial charge in [0.2, 0.25) is 0 Å². The molecule has 0 bridgehead atoms. The van der Waals surface area contributed by atoms with Crippen molar-refractivity contribution < 1.29 is 0 Å². The molecule has 1 atom stereocenters. The van der Waals surface area contributed by atoms with Crippen LogP contribution in [0.3, 0.4) is 0 Å². The van der Waals surface area contributed by atoms with Crippen LogP contribution in [0.25, 0.3) is 0 Å². The van der Waals surface area contributed by atoms with Crippen LogP contribution >= 0.6 is 0 Å². The lowest BCUT2D eigenvalue weighted by molar-refractivity contribution is 0.252. The molecule has 11 heavy (non-hydrogen) atoms. The molecular formula is C9H22N2. The maximum Gasteiger partial charge on any atom is 0.0107 e. The second-order valence-electron chi connectivity index (χ2n) is 3.09. The molecular weight excluding hydrogens is 136 g/mol. The van der Waals surface area contributed by atoms with E-state index in [-0.39, 0.29) is 0 Å². The maximum atomic E-state index is 3.32. The number of hydrogen-bond acceptors (Lipinski definition) is 2. The molecule has 0 amide bonds. The highest BCUT2D eigenvalue weighted by Crippen LogP contribution is 1.97. The van der Waals surface area contributed by atoms with Gasteiger partial charge in [-0.25, -0.2) is 0 Å². The highest BCUT2D eigenvalue weighted by molar-refractivity contribution is 4.61. The van der Waals surface area contributed by atoms with Crippen molar-refractivity contribution in [3.63, 3.8) is 0 Å². The summed E-state index contributed by atoms with van der Waals surface area (Å²) in [6, 6.07) is 0.716. The fraction of sp³-hybridized carbons (Fsp3) is 1.00. The van der Waals surface area contributed by atoms with Gasteiger partial charge in [-0.3, -0.25) is 0 Å². The van der Waals surface area contributed by atoms with Crippen LogP contribution in [-0.2, 0) is 0 Å². The van der Waals surface area contributed by atoms with Crippen molar-refractivity contribution in [2.24, 2.45) is 0 Å². The van der Waals surface area contributed by atoms with Crippen LogP contribution in [0.5, 0.6) is 0 Å². The summed E-state index contributed by atoms with van der Waals surface area (Å²) in [5.41, 5.74) is 0. The topological polar surface area (TPSA) is 15.3 Å². The fourth-order valence-corrected chi connectivity index (χ4v) is 0.964. The summed E-state index contributed by atoms with van der Waals surface area (Å²) in [6.07, 6.45) is 1.24. The van der Waals surface area contributed by atoms with Gasteiger partial charge in [0.15, 0.2) is 0 Å². The van der Waals surface area contributed by atoms with Gasteiger partial charge in [0.25, 0.3) is 0 Å². The Balaban J connectivity index is 3.28. The summed E-state index contributed by atoms with van der Waals surface area (Å²) in [6.45, 7) is 9.98. The summed E-state index contributed by atoms with van der Waals surface area (Å²) >= 11 is 0. The zero-order valence-corrected chi connectivity index (χ0v) is 8.35. The number of rotatable bonds is 6. The van der Waals surface area contributed by atoms with Crippen molar-refractivity contribution in [1.29, 1.82) is 0 Å². The molecule has 0 aromatic heterocycles. The first-order valence-corrected chi connectivity index (χ1v) is 4.63. The predicted octanol–water partition coefficient (Wildman–Crippen LogP) is 1.33. The molecule has 0 aromatic carbocycles.